The average Bonchev–Trinajstić information content (AvgIpc) is 3.28. The number of hydrogen-bond donors (Lipinski definition) is 2. The fourth-order valence-electron chi connectivity index (χ4n) is 4.93. The van der Waals surface area contributed by atoms with Crippen molar-refractivity contribution in [3.8, 4) is 11.1 Å². The van der Waals surface area contributed by atoms with E-state index >= 15 is 0 Å². The van der Waals surface area contributed by atoms with Gasteiger partial charge in [-0.25, -0.2) is 12.7 Å². The fourth-order valence-corrected chi connectivity index (χ4v) is 6.44. The fraction of sp³-hybridized carbons (Fsp3) is 0.423. The largest absolute Gasteiger partial charge is 0.369 e. The van der Waals surface area contributed by atoms with E-state index in [-0.39, 0.29) is 24.0 Å². The van der Waals surface area contributed by atoms with Crippen molar-refractivity contribution in [2.45, 2.75) is 31.6 Å². The summed E-state index contributed by atoms with van der Waals surface area (Å²) in [6.45, 7) is 1.58. The van der Waals surface area contributed by atoms with Crippen molar-refractivity contribution < 1.29 is 18.0 Å². The second kappa shape index (κ2) is 10.9. The van der Waals surface area contributed by atoms with E-state index in [1.807, 2.05) is 30.5 Å². The topological polar surface area (TPSA) is 109 Å². The van der Waals surface area contributed by atoms with Gasteiger partial charge in [-0.15, -0.1) is 0 Å². The standard InChI is InChI=1S/C26H34N4O4S/c1-29(34-2)11-6-14-35(32,33)30-12-9-20(10-13-30)24-18-28-26-22(17-25(27)31)15-21(16-23(24)26)19-7-4-3-5-8-19/h3-5,7-8,15-16,18,20,28H,6,9-14,17H2,1-2H3,(H2,27,31). The van der Waals surface area contributed by atoms with Gasteiger partial charge in [-0.2, -0.15) is 5.06 Å². The Balaban J connectivity index is 1.54. The van der Waals surface area contributed by atoms with Crippen LogP contribution in [0.15, 0.2) is 48.7 Å². The number of hydroxylamine groups is 2. The quantitative estimate of drug-likeness (QED) is 0.417. The summed E-state index contributed by atoms with van der Waals surface area (Å²) in [5.74, 6) is -0.0137. The first-order valence-corrected chi connectivity index (χ1v) is 13.6. The molecule has 0 spiro atoms. The predicted molar refractivity (Wildman–Crippen MR) is 138 cm³/mol. The Labute approximate surface area is 207 Å². The molecule has 3 aromatic rings. The van der Waals surface area contributed by atoms with Gasteiger partial charge in [0.1, 0.15) is 0 Å². The van der Waals surface area contributed by atoms with Crippen LogP contribution in [0.1, 0.15) is 36.3 Å². The van der Waals surface area contributed by atoms with Gasteiger partial charge >= 0.3 is 0 Å². The van der Waals surface area contributed by atoms with E-state index in [0.717, 1.165) is 40.4 Å². The molecule has 0 saturated carbocycles. The Morgan fingerprint density at radius 3 is 2.54 bits per heavy atom. The molecule has 1 saturated heterocycles. The molecule has 1 aliphatic rings. The highest BCUT2D eigenvalue weighted by atomic mass is 32.2. The molecule has 8 nitrogen and oxygen atoms in total. The summed E-state index contributed by atoms with van der Waals surface area (Å²) in [6.07, 6.45) is 4.21. The van der Waals surface area contributed by atoms with Crippen LogP contribution in [-0.4, -0.2) is 68.2 Å². The highest BCUT2D eigenvalue weighted by Gasteiger charge is 2.30. The number of carbonyl (C=O) groups excluding carboxylic acids is 1. The van der Waals surface area contributed by atoms with E-state index in [0.29, 0.717) is 26.1 Å². The lowest BCUT2D eigenvalue weighted by Gasteiger charge is -2.31. The van der Waals surface area contributed by atoms with Gasteiger partial charge in [0.2, 0.25) is 15.9 Å². The van der Waals surface area contributed by atoms with Crippen molar-refractivity contribution in [2.75, 3.05) is 39.5 Å². The molecule has 0 atom stereocenters. The summed E-state index contributed by atoms with van der Waals surface area (Å²) in [4.78, 5) is 20.2. The molecular formula is C26H34N4O4S. The number of rotatable bonds is 10. The van der Waals surface area contributed by atoms with Gasteiger partial charge < -0.3 is 15.6 Å². The Morgan fingerprint density at radius 2 is 1.89 bits per heavy atom. The van der Waals surface area contributed by atoms with E-state index in [1.54, 1.807) is 23.5 Å². The Kier molecular flexibility index (Phi) is 7.91. The normalized spacial score (nSPS) is 15.7. The lowest BCUT2D eigenvalue weighted by Crippen LogP contribution is -2.39. The van der Waals surface area contributed by atoms with Gasteiger partial charge in [0.05, 0.1) is 19.3 Å². The summed E-state index contributed by atoms with van der Waals surface area (Å²) >= 11 is 0. The third-order valence-electron chi connectivity index (χ3n) is 6.85. The number of hydrogen-bond acceptors (Lipinski definition) is 5. The van der Waals surface area contributed by atoms with Crippen molar-refractivity contribution in [1.82, 2.24) is 14.4 Å². The van der Waals surface area contributed by atoms with Gasteiger partial charge in [0, 0.05) is 43.8 Å². The third-order valence-corrected chi connectivity index (χ3v) is 8.81. The number of carbonyl (C=O) groups is 1. The van der Waals surface area contributed by atoms with E-state index < -0.39 is 10.0 Å². The number of benzene rings is 2. The summed E-state index contributed by atoms with van der Waals surface area (Å²) in [6, 6.07) is 14.3. The van der Waals surface area contributed by atoms with Crippen molar-refractivity contribution in [3.05, 3.63) is 59.8 Å². The smallest absolute Gasteiger partial charge is 0.221 e. The molecule has 0 unspecified atom stereocenters. The molecular weight excluding hydrogens is 464 g/mol. The summed E-state index contributed by atoms with van der Waals surface area (Å²) in [5, 5.41) is 2.71. The molecule has 1 fully saturated rings. The maximum atomic E-state index is 12.8. The number of fused-ring (bicyclic) bond motifs is 1. The first kappa shape index (κ1) is 25.4. The highest BCUT2D eigenvalue weighted by Crippen LogP contribution is 2.37. The monoisotopic (exact) mass is 498 g/mol. The molecule has 188 valence electrons. The van der Waals surface area contributed by atoms with Gasteiger partial charge in [-0.1, -0.05) is 30.3 Å². The van der Waals surface area contributed by atoms with Gasteiger partial charge in [0.15, 0.2) is 0 Å². The Bertz CT molecular complexity index is 1270. The second-order valence-corrected chi connectivity index (χ2v) is 11.3. The van der Waals surface area contributed by atoms with Crippen LogP contribution in [0.3, 0.4) is 0 Å². The zero-order chi connectivity index (χ0) is 25.0. The minimum Gasteiger partial charge on any atom is -0.369 e. The average molecular weight is 499 g/mol. The van der Waals surface area contributed by atoms with Crippen LogP contribution in [0, 0.1) is 0 Å². The van der Waals surface area contributed by atoms with Crippen molar-refractivity contribution in [1.29, 1.82) is 0 Å². The highest BCUT2D eigenvalue weighted by molar-refractivity contribution is 7.89. The van der Waals surface area contributed by atoms with E-state index in [2.05, 4.69) is 23.2 Å². The number of nitrogens with two attached hydrogens (primary N) is 1. The molecule has 2 aromatic carbocycles. The molecule has 2 heterocycles. The Morgan fingerprint density at radius 1 is 1.17 bits per heavy atom. The van der Waals surface area contributed by atoms with Crippen LogP contribution >= 0.6 is 0 Å². The van der Waals surface area contributed by atoms with E-state index in [9.17, 15) is 13.2 Å². The van der Waals surface area contributed by atoms with Gasteiger partial charge in [-0.05, 0) is 59.6 Å². The van der Waals surface area contributed by atoms with Gasteiger partial charge in [0.25, 0.3) is 0 Å². The molecule has 1 amide bonds. The lowest BCUT2D eigenvalue weighted by atomic mass is 9.88. The number of aromatic amines is 1. The lowest BCUT2D eigenvalue weighted by molar-refractivity contribution is -0.117. The SMILES string of the molecule is CON(C)CCCS(=O)(=O)N1CCC(c2c[nH]c3c(CC(N)=O)cc(-c4ccccc4)cc23)CC1. The molecule has 9 heteroatoms. The molecule has 3 N–H and O–H groups in total. The van der Waals surface area contributed by atoms with E-state index in [4.69, 9.17) is 10.6 Å². The minimum absolute atomic E-state index is 0.120. The molecule has 0 bridgehead atoms. The zero-order valence-corrected chi connectivity index (χ0v) is 21.2. The summed E-state index contributed by atoms with van der Waals surface area (Å²) in [5.41, 5.74) is 10.6. The Hall–Kier alpha value is -2.72. The van der Waals surface area contributed by atoms with Crippen LogP contribution in [0.25, 0.3) is 22.0 Å². The zero-order valence-electron chi connectivity index (χ0n) is 20.4. The van der Waals surface area contributed by atoms with Crippen molar-refractivity contribution in [3.63, 3.8) is 0 Å². The molecule has 0 radical (unpaired) electrons. The van der Waals surface area contributed by atoms with Crippen molar-refractivity contribution in [2.24, 2.45) is 5.73 Å². The summed E-state index contributed by atoms with van der Waals surface area (Å²) in [7, 11) is 0.0691. The maximum absolute atomic E-state index is 12.8. The number of H-pyrrole nitrogens is 1. The number of aromatic nitrogens is 1. The first-order chi connectivity index (χ1) is 16.8. The number of sulfonamides is 1. The minimum atomic E-state index is -3.29. The number of piperidine rings is 1. The van der Waals surface area contributed by atoms with Crippen LogP contribution < -0.4 is 5.73 Å². The molecule has 1 aromatic heterocycles. The predicted octanol–water partition coefficient (Wildman–Crippen LogP) is 3.26. The van der Waals surface area contributed by atoms with Crippen LogP contribution in [0.5, 0.6) is 0 Å². The molecule has 1 aliphatic heterocycles. The number of primary amides is 1. The van der Waals surface area contributed by atoms with E-state index in [1.165, 1.54) is 5.56 Å². The number of nitrogens with zero attached hydrogens (tertiary/aromatic N) is 2. The van der Waals surface area contributed by atoms with Crippen molar-refractivity contribution >= 4 is 26.8 Å². The molecule has 0 aliphatic carbocycles. The molecule has 35 heavy (non-hydrogen) atoms. The number of amides is 1. The second-order valence-electron chi connectivity index (χ2n) is 9.19. The van der Waals surface area contributed by atoms with Crippen LogP contribution in [0.2, 0.25) is 0 Å². The summed E-state index contributed by atoms with van der Waals surface area (Å²) < 4.78 is 27.3. The van der Waals surface area contributed by atoms with Gasteiger partial charge in [-0.3, -0.25) is 4.79 Å². The van der Waals surface area contributed by atoms with Crippen LogP contribution in [-0.2, 0) is 26.1 Å². The number of nitrogens with one attached hydrogen (secondary N) is 1. The molecule has 4 rings (SSSR count). The third kappa shape index (κ3) is 5.92. The first-order valence-electron chi connectivity index (χ1n) is 12.0. The van der Waals surface area contributed by atoms with Crippen LogP contribution in [0.4, 0.5) is 0 Å². The maximum Gasteiger partial charge on any atom is 0.221 e.